The maximum absolute atomic E-state index is 12.4. The van der Waals surface area contributed by atoms with E-state index in [4.69, 9.17) is 4.74 Å². The summed E-state index contributed by atoms with van der Waals surface area (Å²) in [6, 6.07) is 16.8. The maximum atomic E-state index is 12.4. The Labute approximate surface area is 152 Å². The summed E-state index contributed by atoms with van der Waals surface area (Å²) >= 11 is 0. The van der Waals surface area contributed by atoms with Gasteiger partial charge in [-0.15, -0.1) is 0 Å². The summed E-state index contributed by atoms with van der Waals surface area (Å²) in [5, 5.41) is 8.37. The van der Waals surface area contributed by atoms with Crippen LogP contribution >= 0.6 is 0 Å². The molecule has 3 rings (SSSR count). The molecule has 3 aromatic rings. The first-order valence-corrected chi connectivity index (χ1v) is 8.21. The highest BCUT2D eigenvalue weighted by Crippen LogP contribution is 2.12. The molecule has 6 nitrogen and oxygen atoms in total. The van der Waals surface area contributed by atoms with Crippen LogP contribution in [0.25, 0.3) is 0 Å². The van der Waals surface area contributed by atoms with Crippen LogP contribution in [-0.2, 0) is 6.54 Å². The van der Waals surface area contributed by atoms with Crippen LogP contribution in [0.2, 0.25) is 0 Å². The summed E-state index contributed by atoms with van der Waals surface area (Å²) in [5.41, 5.74) is 5.79. The zero-order valence-electron chi connectivity index (χ0n) is 14.7. The van der Waals surface area contributed by atoms with E-state index >= 15 is 0 Å². The fourth-order valence-electron chi connectivity index (χ4n) is 2.49. The second kappa shape index (κ2) is 8.11. The molecular weight excluding hydrogens is 328 g/mol. The van der Waals surface area contributed by atoms with Gasteiger partial charge in [0.2, 0.25) is 0 Å². The number of nitrogens with one attached hydrogen (secondary N) is 1. The molecule has 6 heteroatoms. The number of hydrogen-bond acceptors (Lipinski definition) is 4. The molecule has 0 radical (unpaired) electrons. The number of amides is 1. The van der Waals surface area contributed by atoms with E-state index < -0.39 is 0 Å². The van der Waals surface area contributed by atoms with E-state index in [-0.39, 0.29) is 5.91 Å². The third kappa shape index (κ3) is 4.36. The van der Waals surface area contributed by atoms with Crippen LogP contribution in [0.5, 0.6) is 5.75 Å². The highest BCUT2D eigenvalue weighted by molar-refractivity contribution is 6.00. The van der Waals surface area contributed by atoms with Crippen LogP contribution in [0, 0.1) is 0 Å². The minimum Gasteiger partial charge on any atom is -0.497 e. The maximum Gasteiger partial charge on any atom is 0.271 e. The molecule has 1 amide bonds. The van der Waals surface area contributed by atoms with Crippen LogP contribution in [0.4, 0.5) is 0 Å². The molecule has 2 aromatic carbocycles. The number of carbonyl (C=O) groups is 1. The summed E-state index contributed by atoms with van der Waals surface area (Å²) in [5.74, 6) is 0.528. The van der Waals surface area contributed by atoms with Crippen molar-refractivity contribution in [2.75, 3.05) is 7.11 Å². The Balaban J connectivity index is 1.67. The van der Waals surface area contributed by atoms with Crippen molar-refractivity contribution in [3.05, 3.63) is 83.7 Å². The number of benzene rings is 2. The van der Waals surface area contributed by atoms with E-state index in [9.17, 15) is 4.79 Å². The SMILES string of the molecule is COc1ccc(C(C)=NNC(=O)c2cccc(Cn3cccn3)c2)cc1. The third-order valence-corrected chi connectivity index (χ3v) is 3.93. The van der Waals surface area contributed by atoms with Gasteiger partial charge in [-0.2, -0.15) is 10.2 Å². The highest BCUT2D eigenvalue weighted by atomic mass is 16.5. The molecule has 0 fully saturated rings. The first-order valence-electron chi connectivity index (χ1n) is 8.21. The van der Waals surface area contributed by atoms with Gasteiger partial charge in [0.15, 0.2) is 0 Å². The molecule has 0 bridgehead atoms. The Bertz CT molecular complexity index is 900. The molecule has 0 spiro atoms. The number of rotatable bonds is 6. The highest BCUT2D eigenvalue weighted by Gasteiger charge is 2.07. The number of hydrogen-bond donors (Lipinski definition) is 1. The second-order valence-electron chi connectivity index (χ2n) is 5.77. The molecule has 0 atom stereocenters. The standard InChI is InChI=1S/C20H20N4O2/c1-15(17-7-9-19(26-2)10-8-17)22-23-20(25)18-6-3-5-16(13-18)14-24-12-4-11-21-24/h3-13H,14H2,1-2H3,(H,23,25). The van der Waals surface area contributed by atoms with Crippen LogP contribution < -0.4 is 10.2 Å². The molecule has 0 aliphatic heterocycles. The van der Waals surface area contributed by atoms with E-state index in [2.05, 4.69) is 15.6 Å². The molecule has 132 valence electrons. The van der Waals surface area contributed by atoms with Gasteiger partial charge in [0.05, 0.1) is 19.4 Å². The van der Waals surface area contributed by atoms with E-state index in [1.165, 1.54) is 0 Å². The van der Waals surface area contributed by atoms with Crippen molar-refractivity contribution in [1.82, 2.24) is 15.2 Å². The van der Waals surface area contributed by atoms with Crippen molar-refractivity contribution in [2.24, 2.45) is 5.10 Å². The van der Waals surface area contributed by atoms with E-state index in [1.54, 1.807) is 19.4 Å². The van der Waals surface area contributed by atoms with Gasteiger partial charge in [0.25, 0.3) is 5.91 Å². The number of nitrogens with zero attached hydrogens (tertiary/aromatic N) is 3. The van der Waals surface area contributed by atoms with Gasteiger partial charge in [-0.3, -0.25) is 9.48 Å². The minimum absolute atomic E-state index is 0.250. The lowest BCUT2D eigenvalue weighted by molar-refractivity contribution is 0.0954. The summed E-state index contributed by atoms with van der Waals surface area (Å²) in [7, 11) is 1.62. The molecule has 0 unspecified atom stereocenters. The molecule has 0 aliphatic carbocycles. The fourth-order valence-corrected chi connectivity index (χ4v) is 2.49. The molecule has 26 heavy (non-hydrogen) atoms. The van der Waals surface area contributed by atoms with Crippen molar-refractivity contribution >= 4 is 11.6 Å². The lowest BCUT2D eigenvalue weighted by Gasteiger charge is -2.06. The number of ether oxygens (including phenoxy) is 1. The number of methoxy groups -OCH3 is 1. The average Bonchev–Trinajstić information content (AvgIpc) is 3.19. The molecular formula is C20H20N4O2. The first-order chi connectivity index (χ1) is 12.7. The molecule has 0 saturated carbocycles. The third-order valence-electron chi connectivity index (χ3n) is 3.93. The number of hydrazone groups is 1. The Hall–Kier alpha value is -3.41. The Morgan fingerprint density at radius 1 is 1.15 bits per heavy atom. The van der Waals surface area contributed by atoms with Gasteiger partial charge < -0.3 is 4.74 Å². The zero-order valence-corrected chi connectivity index (χ0v) is 14.7. The summed E-state index contributed by atoms with van der Waals surface area (Å²) in [6.07, 6.45) is 3.61. The van der Waals surface area contributed by atoms with Crippen molar-refractivity contribution < 1.29 is 9.53 Å². The van der Waals surface area contributed by atoms with Crippen molar-refractivity contribution in [1.29, 1.82) is 0 Å². The summed E-state index contributed by atoms with van der Waals surface area (Å²) < 4.78 is 6.95. The number of aromatic nitrogens is 2. The Morgan fingerprint density at radius 2 is 1.96 bits per heavy atom. The Kier molecular flexibility index (Phi) is 5.43. The molecule has 1 heterocycles. The predicted octanol–water partition coefficient (Wildman–Crippen LogP) is 3.09. The average molecular weight is 348 g/mol. The molecule has 0 aliphatic rings. The lowest BCUT2D eigenvalue weighted by Crippen LogP contribution is -2.19. The topological polar surface area (TPSA) is 68.5 Å². The van der Waals surface area contributed by atoms with Crippen LogP contribution in [0.3, 0.4) is 0 Å². The van der Waals surface area contributed by atoms with E-state index in [1.807, 2.05) is 66.3 Å². The van der Waals surface area contributed by atoms with Gasteiger partial charge in [0.1, 0.15) is 5.75 Å². The zero-order chi connectivity index (χ0) is 18.4. The van der Waals surface area contributed by atoms with Crippen LogP contribution in [-0.4, -0.2) is 28.5 Å². The molecule has 0 saturated heterocycles. The van der Waals surface area contributed by atoms with E-state index in [0.717, 1.165) is 16.9 Å². The molecule has 1 N–H and O–H groups in total. The Morgan fingerprint density at radius 3 is 2.65 bits per heavy atom. The molecule has 1 aromatic heterocycles. The normalized spacial score (nSPS) is 11.2. The smallest absolute Gasteiger partial charge is 0.271 e. The first kappa shape index (κ1) is 17.4. The quantitative estimate of drug-likeness (QED) is 0.550. The largest absolute Gasteiger partial charge is 0.497 e. The van der Waals surface area contributed by atoms with Gasteiger partial charge in [-0.1, -0.05) is 12.1 Å². The van der Waals surface area contributed by atoms with Gasteiger partial charge in [-0.05, 0) is 60.5 Å². The van der Waals surface area contributed by atoms with Crippen LogP contribution in [0.15, 0.2) is 72.1 Å². The lowest BCUT2D eigenvalue weighted by atomic mass is 10.1. The minimum atomic E-state index is -0.250. The van der Waals surface area contributed by atoms with Gasteiger partial charge in [-0.25, -0.2) is 5.43 Å². The van der Waals surface area contributed by atoms with Crippen molar-refractivity contribution in [2.45, 2.75) is 13.5 Å². The van der Waals surface area contributed by atoms with E-state index in [0.29, 0.717) is 17.8 Å². The van der Waals surface area contributed by atoms with Gasteiger partial charge in [0, 0.05) is 18.0 Å². The van der Waals surface area contributed by atoms with Gasteiger partial charge >= 0.3 is 0 Å². The monoisotopic (exact) mass is 348 g/mol. The van der Waals surface area contributed by atoms with Crippen molar-refractivity contribution in [3.63, 3.8) is 0 Å². The number of carbonyl (C=O) groups excluding carboxylic acids is 1. The van der Waals surface area contributed by atoms with Crippen molar-refractivity contribution in [3.8, 4) is 5.75 Å². The fraction of sp³-hybridized carbons (Fsp3) is 0.150. The second-order valence-corrected chi connectivity index (χ2v) is 5.77. The summed E-state index contributed by atoms with van der Waals surface area (Å²) in [4.78, 5) is 12.4. The van der Waals surface area contributed by atoms with Crippen LogP contribution in [0.1, 0.15) is 28.4 Å². The predicted molar refractivity (Wildman–Crippen MR) is 100 cm³/mol. The summed E-state index contributed by atoms with van der Waals surface area (Å²) in [6.45, 7) is 2.46.